The summed E-state index contributed by atoms with van der Waals surface area (Å²) >= 11 is 7.35. The molecule has 0 heterocycles. The summed E-state index contributed by atoms with van der Waals surface area (Å²) in [6.45, 7) is -0.142. The quantitative estimate of drug-likeness (QED) is 0.444. The molecule has 1 aromatic carbocycles. The van der Waals surface area contributed by atoms with Gasteiger partial charge in [-0.15, -0.1) is 0 Å². The van der Waals surface area contributed by atoms with Crippen LogP contribution in [0.2, 0.25) is 5.02 Å². The fraction of sp³-hybridized carbons (Fsp3) is 0.533. The minimum absolute atomic E-state index is 0.280. The Kier molecular flexibility index (Phi) is 8.60. The van der Waals surface area contributed by atoms with Crippen molar-refractivity contribution in [2.24, 2.45) is 0 Å². The van der Waals surface area contributed by atoms with E-state index in [0.29, 0.717) is 12.2 Å². The van der Waals surface area contributed by atoms with Gasteiger partial charge in [0, 0.05) is 6.04 Å². The standard InChI is InChI=1S/C15H20ClF3N2O5S2/c1-14(24,15(17,18)19)13(23)20-12-4-3-10(7-11(12)16)28(25,26)21-9(8-22)5-6-27-2/h3-4,7,9,21-22,24H,5-6,8H2,1-2H3,(H,20,23)/t9-,14-/m1/s1. The molecule has 2 atom stereocenters. The van der Waals surface area contributed by atoms with Crippen LogP contribution in [0.15, 0.2) is 23.1 Å². The summed E-state index contributed by atoms with van der Waals surface area (Å²) in [5, 5.41) is 20.1. The smallest absolute Gasteiger partial charge is 0.395 e. The molecule has 0 spiro atoms. The highest BCUT2D eigenvalue weighted by molar-refractivity contribution is 7.98. The molecule has 28 heavy (non-hydrogen) atoms. The van der Waals surface area contributed by atoms with Crippen molar-refractivity contribution < 1.29 is 36.6 Å². The van der Waals surface area contributed by atoms with E-state index in [4.69, 9.17) is 11.6 Å². The van der Waals surface area contributed by atoms with Crippen LogP contribution in [0.1, 0.15) is 13.3 Å². The first kappa shape index (κ1) is 25.0. The predicted molar refractivity (Wildman–Crippen MR) is 101 cm³/mol. The highest BCUT2D eigenvalue weighted by atomic mass is 35.5. The maximum Gasteiger partial charge on any atom is 0.426 e. The molecule has 160 valence electrons. The van der Waals surface area contributed by atoms with Crippen LogP contribution in [0, 0.1) is 0 Å². The first-order chi connectivity index (χ1) is 12.8. The summed E-state index contributed by atoms with van der Waals surface area (Å²) in [5.41, 5.74) is -3.97. The zero-order chi connectivity index (χ0) is 21.8. The lowest BCUT2D eigenvalue weighted by Crippen LogP contribution is -2.52. The van der Waals surface area contributed by atoms with Gasteiger partial charge in [-0.1, -0.05) is 11.6 Å². The molecule has 0 saturated carbocycles. The molecule has 0 radical (unpaired) electrons. The van der Waals surface area contributed by atoms with Crippen LogP contribution in [0.4, 0.5) is 18.9 Å². The molecular formula is C15H20ClF3N2O5S2. The average Bonchev–Trinajstić information content (AvgIpc) is 2.58. The number of carbonyl (C=O) groups excluding carboxylic acids is 1. The lowest BCUT2D eigenvalue weighted by Gasteiger charge is -2.25. The molecule has 13 heteroatoms. The molecular weight excluding hydrogens is 445 g/mol. The zero-order valence-corrected chi connectivity index (χ0v) is 17.3. The maximum absolute atomic E-state index is 12.7. The Hall–Kier alpha value is -1.05. The molecule has 0 aliphatic rings. The van der Waals surface area contributed by atoms with Gasteiger partial charge in [-0.2, -0.15) is 24.9 Å². The molecule has 0 unspecified atom stereocenters. The number of thioether (sulfide) groups is 1. The topological polar surface area (TPSA) is 116 Å². The van der Waals surface area contributed by atoms with Gasteiger partial charge in [-0.05, 0) is 43.6 Å². The number of benzene rings is 1. The summed E-state index contributed by atoms with van der Waals surface area (Å²) in [6.07, 6.45) is -3.01. The SMILES string of the molecule is CSCC[C@H](CO)NS(=O)(=O)c1ccc(NC(=O)[C@@](C)(O)C(F)(F)F)c(Cl)c1. The number of nitrogens with one attached hydrogen (secondary N) is 2. The van der Waals surface area contributed by atoms with Crippen LogP contribution in [0.25, 0.3) is 0 Å². The van der Waals surface area contributed by atoms with E-state index < -0.39 is 40.4 Å². The highest BCUT2D eigenvalue weighted by Crippen LogP contribution is 2.32. The Morgan fingerprint density at radius 2 is 1.96 bits per heavy atom. The molecule has 0 fully saturated rings. The first-order valence-electron chi connectivity index (χ1n) is 7.78. The molecule has 1 amide bonds. The largest absolute Gasteiger partial charge is 0.426 e. The Morgan fingerprint density at radius 1 is 1.36 bits per heavy atom. The van der Waals surface area contributed by atoms with Crippen LogP contribution in [-0.2, 0) is 14.8 Å². The fourth-order valence-corrected chi connectivity index (χ4v) is 3.97. The second-order valence-electron chi connectivity index (χ2n) is 5.95. The second-order valence-corrected chi connectivity index (χ2v) is 9.05. The van der Waals surface area contributed by atoms with E-state index in [0.717, 1.165) is 18.2 Å². The summed E-state index contributed by atoms with van der Waals surface area (Å²) in [4.78, 5) is 11.4. The number of aliphatic hydroxyl groups is 2. The van der Waals surface area contributed by atoms with Crippen molar-refractivity contribution in [3.05, 3.63) is 23.2 Å². The van der Waals surface area contributed by atoms with Gasteiger partial charge in [0.05, 0.1) is 22.2 Å². The number of sulfonamides is 1. The highest BCUT2D eigenvalue weighted by Gasteiger charge is 2.55. The number of amides is 1. The number of alkyl halides is 3. The molecule has 1 aromatic rings. The molecule has 0 aliphatic heterocycles. The van der Waals surface area contributed by atoms with Gasteiger partial charge < -0.3 is 15.5 Å². The number of aliphatic hydroxyl groups excluding tert-OH is 1. The Labute approximate surface area is 169 Å². The first-order valence-corrected chi connectivity index (χ1v) is 11.0. The number of hydrogen-bond acceptors (Lipinski definition) is 6. The van der Waals surface area contributed by atoms with Crippen molar-refractivity contribution in [3.63, 3.8) is 0 Å². The molecule has 7 nitrogen and oxygen atoms in total. The number of carbonyl (C=O) groups is 1. The number of hydrogen-bond donors (Lipinski definition) is 4. The van der Waals surface area contributed by atoms with E-state index in [-0.39, 0.29) is 22.5 Å². The van der Waals surface area contributed by atoms with Gasteiger partial charge in [-0.25, -0.2) is 13.1 Å². The van der Waals surface area contributed by atoms with Crippen molar-refractivity contribution in [1.29, 1.82) is 0 Å². The Balaban J connectivity index is 3.01. The Morgan fingerprint density at radius 3 is 2.43 bits per heavy atom. The molecule has 0 aliphatic carbocycles. The lowest BCUT2D eigenvalue weighted by atomic mass is 10.1. The van der Waals surface area contributed by atoms with Crippen molar-refractivity contribution in [2.45, 2.75) is 36.1 Å². The summed E-state index contributed by atoms with van der Waals surface area (Å²) in [5.74, 6) is -1.16. The average molecular weight is 465 g/mol. The molecule has 4 N–H and O–H groups in total. The van der Waals surface area contributed by atoms with Crippen molar-refractivity contribution in [1.82, 2.24) is 4.72 Å². The van der Waals surface area contributed by atoms with Crippen molar-refractivity contribution in [3.8, 4) is 0 Å². The third-order valence-corrected chi connectivity index (χ3v) is 6.18. The van der Waals surface area contributed by atoms with Crippen LogP contribution < -0.4 is 10.0 Å². The summed E-state index contributed by atoms with van der Waals surface area (Å²) < 4.78 is 65.1. The van der Waals surface area contributed by atoms with Crippen molar-refractivity contribution in [2.75, 3.05) is 23.9 Å². The Bertz CT molecular complexity index is 803. The normalized spacial score (nSPS) is 15.7. The number of rotatable bonds is 9. The van der Waals surface area contributed by atoms with Crippen LogP contribution in [0.5, 0.6) is 0 Å². The summed E-state index contributed by atoms with van der Waals surface area (Å²) in [6, 6.07) is 2.23. The second kappa shape index (κ2) is 9.63. The molecule has 0 aromatic heterocycles. The van der Waals surface area contributed by atoms with Crippen LogP contribution in [0.3, 0.4) is 0 Å². The number of halogens is 4. The van der Waals surface area contributed by atoms with Gasteiger partial charge in [0.15, 0.2) is 0 Å². The van der Waals surface area contributed by atoms with E-state index >= 15 is 0 Å². The summed E-state index contributed by atoms with van der Waals surface area (Å²) in [7, 11) is -4.07. The van der Waals surface area contributed by atoms with Crippen LogP contribution in [-0.4, -0.2) is 61.0 Å². The van der Waals surface area contributed by atoms with Gasteiger partial charge >= 0.3 is 6.18 Å². The van der Waals surface area contributed by atoms with E-state index in [1.165, 1.54) is 11.8 Å². The van der Waals surface area contributed by atoms with E-state index in [9.17, 15) is 36.6 Å². The predicted octanol–water partition coefficient (Wildman–Crippen LogP) is 1.98. The van der Waals surface area contributed by atoms with Gasteiger partial charge in [0.2, 0.25) is 15.6 Å². The molecule has 1 rings (SSSR count). The van der Waals surface area contributed by atoms with E-state index in [2.05, 4.69) is 4.72 Å². The lowest BCUT2D eigenvalue weighted by molar-refractivity contribution is -0.242. The van der Waals surface area contributed by atoms with Gasteiger partial charge in [0.1, 0.15) is 0 Å². The van der Waals surface area contributed by atoms with E-state index in [1.807, 2.05) is 11.6 Å². The molecule has 0 saturated heterocycles. The van der Waals surface area contributed by atoms with Crippen molar-refractivity contribution >= 4 is 45.0 Å². The maximum atomic E-state index is 12.7. The minimum Gasteiger partial charge on any atom is -0.395 e. The van der Waals surface area contributed by atoms with Gasteiger partial charge in [-0.3, -0.25) is 4.79 Å². The monoisotopic (exact) mass is 464 g/mol. The fourth-order valence-electron chi connectivity index (χ4n) is 1.87. The third-order valence-electron chi connectivity index (χ3n) is 3.71. The van der Waals surface area contributed by atoms with Crippen LogP contribution >= 0.6 is 23.4 Å². The minimum atomic E-state index is -5.22. The van der Waals surface area contributed by atoms with Gasteiger partial charge in [0.25, 0.3) is 5.91 Å². The number of anilines is 1. The zero-order valence-electron chi connectivity index (χ0n) is 14.9. The third kappa shape index (κ3) is 6.22. The molecule has 0 bridgehead atoms. The van der Waals surface area contributed by atoms with E-state index in [1.54, 1.807) is 0 Å².